The Labute approximate surface area is 104 Å². The van der Waals surface area contributed by atoms with Crippen LogP contribution in [0.2, 0.25) is 0 Å². The third kappa shape index (κ3) is 2.62. The van der Waals surface area contributed by atoms with Gasteiger partial charge in [0.1, 0.15) is 0 Å². The summed E-state index contributed by atoms with van der Waals surface area (Å²) in [5, 5.41) is 0. The van der Waals surface area contributed by atoms with E-state index in [1.165, 1.54) is 0 Å². The third-order valence-corrected chi connectivity index (χ3v) is 3.55. The van der Waals surface area contributed by atoms with Gasteiger partial charge in [-0.15, -0.1) is 0 Å². The van der Waals surface area contributed by atoms with Crippen molar-refractivity contribution < 1.29 is 4.79 Å². The molecule has 3 nitrogen and oxygen atoms in total. The maximum absolute atomic E-state index is 11.7. The average molecular weight is 283 g/mol. The first-order valence-corrected chi connectivity index (χ1v) is 6.24. The van der Waals surface area contributed by atoms with Crippen LogP contribution >= 0.6 is 15.9 Å². The van der Waals surface area contributed by atoms with Crippen LogP contribution in [0.3, 0.4) is 0 Å². The molecular formula is C12H15BrN2O. The van der Waals surface area contributed by atoms with Crippen molar-refractivity contribution >= 4 is 21.8 Å². The topological polar surface area (TPSA) is 46.3 Å². The van der Waals surface area contributed by atoms with Gasteiger partial charge in [-0.25, -0.2) is 0 Å². The van der Waals surface area contributed by atoms with Crippen molar-refractivity contribution in [3.8, 4) is 0 Å². The van der Waals surface area contributed by atoms with Crippen LogP contribution in [-0.2, 0) is 11.3 Å². The molecule has 86 valence electrons. The van der Waals surface area contributed by atoms with Crippen LogP contribution < -0.4 is 5.73 Å². The average Bonchev–Trinajstić information content (AvgIpc) is 3.11. The van der Waals surface area contributed by atoms with Crippen molar-refractivity contribution in [1.29, 1.82) is 0 Å². The van der Waals surface area contributed by atoms with E-state index < -0.39 is 0 Å². The molecule has 16 heavy (non-hydrogen) atoms. The van der Waals surface area contributed by atoms with Crippen molar-refractivity contribution in [1.82, 2.24) is 4.90 Å². The molecule has 0 aromatic heterocycles. The zero-order valence-corrected chi connectivity index (χ0v) is 10.6. The molecule has 0 saturated heterocycles. The van der Waals surface area contributed by atoms with Gasteiger partial charge in [0.25, 0.3) is 0 Å². The fourth-order valence-electron chi connectivity index (χ4n) is 1.73. The fourth-order valence-corrected chi connectivity index (χ4v) is 2.14. The van der Waals surface area contributed by atoms with Crippen LogP contribution in [0.1, 0.15) is 18.4 Å². The summed E-state index contributed by atoms with van der Waals surface area (Å²) >= 11 is 3.50. The van der Waals surface area contributed by atoms with E-state index in [0.29, 0.717) is 12.6 Å². The first-order valence-electron chi connectivity index (χ1n) is 5.45. The zero-order valence-electron chi connectivity index (χ0n) is 9.03. The molecule has 1 fully saturated rings. The molecule has 2 N–H and O–H groups in total. The number of amides is 1. The molecule has 1 aliphatic carbocycles. The smallest absolute Gasteiger partial charge is 0.236 e. The predicted octanol–water partition coefficient (Wildman–Crippen LogP) is 1.90. The summed E-state index contributed by atoms with van der Waals surface area (Å²) in [6.07, 6.45) is 2.21. The van der Waals surface area contributed by atoms with Gasteiger partial charge in [0.05, 0.1) is 6.54 Å². The summed E-state index contributed by atoms with van der Waals surface area (Å²) in [5.41, 5.74) is 6.56. The highest BCUT2D eigenvalue weighted by Crippen LogP contribution is 2.29. The highest BCUT2D eigenvalue weighted by Gasteiger charge is 2.31. The van der Waals surface area contributed by atoms with Crippen molar-refractivity contribution in [3.05, 3.63) is 34.3 Å². The van der Waals surface area contributed by atoms with E-state index in [2.05, 4.69) is 15.9 Å². The zero-order chi connectivity index (χ0) is 11.5. The molecule has 0 aliphatic heterocycles. The van der Waals surface area contributed by atoms with Crippen molar-refractivity contribution in [2.75, 3.05) is 6.54 Å². The van der Waals surface area contributed by atoms with Gasteiger partial charge in [-0.2, -0.15) is 0 Å². The van der Waals surface area contributed by atoms with E-state index in [0.717, 1.165) is 22.9 Å². The Morgan fingerprint density at radius 3 is 2.69 bits per heavy atom. The molecule has 0 spiro atoms. The number of nitrogens with two attached hydrogens (primary N) is 1. The van der Waals surface area contributed by atoms with E-state index in [-0.39, 0.29) is 12.5 Å². The Bertz CT molecular complexity index is 390. The molecule has 0 bridgehead atoms. The molecule has 0 radical (unpaired) electrons. The number of carbonyl (C=O) groups is 1. The number of rotatable bonds is 4. The van der Waals surface area contributed by atoms with Crippen LogP contribution in [0.4, 0.5) is 0 Å². The minimum absolute atomic E-state index is 0.0400. The summed E-state index contributed by atoms with van der Waals surface area (Å²) in [5.74, 6) is 0.0400. The highest BCUT2D eigenvalue weighted by atomic mass is 79.9. The number of halogens is 1. The number of hydrogen-bond acceptors (Lipinski definition) is 2. The lowest BCUT2D eigenvalue weighted by atomic mass is 10.2. The van der Waals surface area contributed by atoms with Gasteiger partial charge in [0, 0.05) is 17.1 Å². The molecule has 1 aromatic rings. The van der Waals surface area contributed by atoms with Crippen molar-refractivity contribution in [2.45, 2.75) is 25.4 Å². The Hall–Kier alpha value is -0.870. The van der Waals surface area contributed by atoms with Crippen LogP contribution in [0.25, 0.3) is 0 Å². The molecule has 0 unspecified atom stereocenters. The predicted molar refractivity (Wildman–Crippen MR) is 66.8 cm³/mol. The molecule has 0 heterocycles. The van der Waals surface area contributed by atoms with E-state index >= 15 is 0 Å². The lowest BCUT2D eigenvalue weighted by Gasteiger charge is -2.22. The van der Waals surface area contributed by atoms with Crippen molar-refractivity contribution in [3.63, 3.8) is 0 Å². The van der Waals surface area contributed by atoms with Gasteiger partial charge in [-0.05, 0) is 24.5 Å². The summed E-state index contributed by atoms with van der Waals surface area (Å²) in [6.45, 7) is 0.753. The highest BCUT2D eigenvalue weighted by molar-refractivity contribution is 9.10. The van der Waals surface area contributed by atoms with Crippen LogP contribution in [0.15, 0.2) is 28.7 Å². The quantitative estimate of drug-likeness (QED) is 0.917. The minimum Gasteiger partial charge on any atom is -0.334 e. The molecule has 4 heteroatoms. The largest absolute Gasteiger partial charge is 0.334 e. The van der Waals surface area contributed by atoms with E-state index in [1.54, 1.807) is 0 Å². The molecule has 1 amide bonds. The number of benzene rings is 1. The second-order valence-electron chi connectivity index (χ2n) is 4.05. The van der Waals surface area contributed by atoms with Crippen LogP contribution in [0, 0.1) is 0 Å². The van der Waals surface area contributed by atoms with Crippen LogP contribution in [0.5, 0.6) is 0 Å². The lowest BCUT2D eigenvalue weighted by molar-refractivity contribution is -0.130. The Balaban J connectivity index is 2.11. The second kappa shape index (κ2) is 4.97. The number of carbonyl (C=O) groups excluding carboxylic acids is 1. The Morgan fingerprint density at radius 2 is 2.12 bits per heavy atom. The number of hydrogen-bond donors (Lipinski definition) is 1. The summed E-state index contributed by atoms with van der Waals surface area (Å²) < 4.78 is 1.05. The summed E-state index contributed by atoms with van der Waals surface area (Å²) in [7, 11) is 0. The first kappa shape index (κ1) is 11.6. The standard InChI is InChI=1S/C12H15BrN2O/c13-11-4-2-1-3-9(11)8-15(10-5-6-10)12(16)7-14/h1-4,10H,5-8,14H2. The molecule has 1 saturated carbocycles. The first-order chi connectivity index (χ1) is 7.72. The van der Waals surface area contributed by atoms with Gasteiger partial charge in [-0.3, -0.25) is 4.79 Å². The molecule has 2 rings (SSSR count). The Morgan fingerprint density at radius 1 is 1.44 bits per heavy atom. The molecule has 1 aromatic carbocycles. The summed E-state index contributed by atoms with van der Waals surface area (Å²) in [4.78, 5) is 13.6. The van der Waals surface area contributed by atoms with Gasteiger partial charge < -0.3 is 10.6 Å². The normalized spacial score (nSPS) is 14.9. The minimum atomic E-state index is 0.0400. The van der Waals surface area contributed by atoms with E-state index in [9.17, 15) is 4.79 Å². The lowest BCUT2D eigenvalue weighted by Crippen LogP contribution is -2.37. The monoisotopic (exact) mass is 282 g/mol. The van der Waals surface area contributed by atoms with E-state index in [4.69, 9.17) is 5.73 Å². The maximum Gasteiger partial charge on any atom is 0.236 e. The molecule has 1 aliphatic rings. The summed E-state index contributed by atoms with van der Waals surface area (Å²) in [6, 6.07) is 8.39. The van der Waals surface area contributed by atoms with E-state index in [1.807, 2.05) is 29.2 Å². The van der Waals surface area contributed by atoms with Gasteiger partial charge >= 0.3 is 0 Å². The second-order valence-corrected chi connectivity index (χ2v) is 4.90. The number of nitrogens with zero attached hydrogens (tertiary/aromatic N) is 1. The molecule has 0 atom stereocenters. The van der Waals surface area contributed by atoms with Gasteiger partial charge in [0.2, 0.25) is 5.91 Å². The van der Waals surface area contributed by atoms with Crippen molar-refractivity contribution in [2.24, 2.45) is 5.73 Å². The fraction of sp³-hybridized carbons (Fsp3) is 0.417. The van der Waals surface area contributed by atoms with Crippen LogP contribution in [-0.4, -0.2) is 23.4 Å². The Kier molecular flexibility index (Phi) is 3.61. The SMILES string of the molecule is NCC(=O)N(Cc1ccccc1Br)C1CC1. The van der Waals surface area contributed by atoms with Gasteiger partial charge in [0.15, 0.2) is 0 Å². The molecular weight excluding hydrogens is 268 g/mol. The third-order valence-electron chi connectivity index (χ3n) is 2.78. The van der Waals surface area contributed by atoms with Gasteiger partial charge in [-0.1, -0.05) is 34.1 Å². The maximum atomic E-state index is 11.7.